The Kier molecular flexibility index (Phi) is 8.18. The molecule has 0 spiro atoms. The second-order valence-electron chi connectivity index (χ2n) is 9.00. The number of anilines is 1. The van der Waals surface area contributed by atoms with Gasteiger partial charge in [-0.3, -0.25) is 5.01 Å². The normalized spacial score (nSPS) is 19.5. The molecule has 2 fully saturated rings. The van der Waals surface area contributed by atoms with Gasteiger partial charge >= 0.3 is 0 Å². The van der Waals surface area contributed by atoms with E-state index in [1.807, 2.05) is 18.2 Å². The maximum absolute atomic E-state index is 13.5. The van der Waals surface area contributed by atoms with Crippen LogP contribution in [0.3, 0.4) is 0 Å². The summed E-state index contributed by atoms with van der Waals surface area (Å²) in [6, 6.07) is 7.68. The first-order valence-electron chi connectivity index (χ1n) is 12.0. The number of halogens is 1. The highest BCUT2D eigenvalue weighted by molar-refractivity contribution is 5.27. The van der Waals surface area contributed by atoms with Gasteiger partial charge < -0.3 is 5.32 Å². The Balaban J connectivity index is 1.34. The largest absolute Gasteiger partial charge is 0.313 e. The number of hydrogen-bond donors (Lipinski definition) is 1. The first-order valence-corrected chi connectivity index (χ1v) is 12.0. The lowest BCUT2D eigenvalue weighted by atomic mass is 9.76. The minimum Gasteiger partial charge on any atom is -0.313 e. The molecule has 1 saturated carbocycles. The van der Waals surface area contributed by atoms with Gasteiger partial charge in [0.15, 0.2) is 0 Å². The van der Waals surface area contributed by atoms with Gasteiger partial charge in [0.1, 0.15) is 18.5 Å². The van der Waals surface area contributed by atoms with Crippen LogP contribution >= 0.6 is 0 Å². The van der Waals surface area contributed by atoms with Crippen molar-refractivity contribution in [2.75, 3.05) is 31.2 Å². The number of nitrogens with one attached hydrogen (secondary N) is 1. The second-order valence-corrected chi connectivity index (χ2v) is 9.00. The Morgan fingerprint density at radius 3 is 2.41 bits per heavy atom. The van der Waals surface area contributed by atoms with Crippen LogP contribution in [0.1, 0.15) is 56.4 Å². The number of rotatable bonds is 9. The maximum Gasteiger partial charge on any atom is 0.243 e. The third-order valence-electron chi connectivity index (χ3n) is 6.97. The lowest BCUT2D eigenvalue weighted by molar-refractivity contribution is 0.178. The van der Waals surface area contributed by atoms with Gasteiger partial charge in [-0.15, -0.1) is 6.58 Å². The number of hydrogen-bond acceptors (Lipinski definition) is 6. The van der Waals surface area contributed by atoms with Crippen LogP contribution in [-0.4, -0.2) is 52.2 Å². The molecule has 2 heterocycles. The minimum atomic E-state index is -0.154. The molecule has 0 amide bonds. The third kappa shape index (κ3) is 5.90. The zero-order chi connectivity index (χ0) is 22.2. The van der Waals surface area contributed by atoms with Gasteiger partial charge in [0.2, 0.25) is 5.95 Å². The molecule has 2 aliphatic rings. The maximum atomic E-state index is 13.5. The van der Waals surface area contributed by atoms with Crippen LogP contribution in [0.25, 0.3) is 0 Å². The Bertz CT molecular complexity index is 816. The molecule has 172 valence electrons. The van der Waals surface area contributed by atoms with Crippen LogP contribution in [0.2, 0.25) is 0 Å². The number of nitrogens with zero attached hydrogens (tertiary/aromatic N) is 5. The average molecular weight is 439 g/mol. The van der Waals surface area contributed by atoms with Gasteiger partial charge in [-0.05, 0) is 55.2 Å². The summed E-state index contributed by atoms with van der Waals surface area (Å²) in [5.41, 5.74) is 1.27. The predicted octanol–water partition coefficient (Wildman–Crippen LogP) is 4.34. The molecule has 6 nitrogen and oxygen atoms in total. The summed E-state index contributed by atoms with van der Waals surface area (Å²) in [5, 5.41) is 8.27. The van der Waals surface area contributed by atoms with Crippen molar-refractivity contribution in [3.8, 4) is 0 Å². The van der Waals surface area contributed by atoms with E-state index in [2.05, 4.69) is 36.9 Å². The number of aromatic nitrogens is 3. The number of hydrazine groups is 1. The fraction of sp³-hybridized carbons (Fsp3) is 0.560. The summed E-state index contributed by atoms with van der Waals surface area (Å²) in [4.78, 5) is 12.6. The summed E-state index contributed by atoms with van der Waals surface area (Å²) in [6.45, 7) is 7.42. The number of benzene rings is 1. The van der Waals surface area contributed by atoms with E-state index < -0.39 is 0 Å². The molecule has 1 saturated heterocycles. The van der Waals surface area contributed by atoms with E-state index >= 15 is 0 Å². The Morgan fingerprint density at radius 1 is 1.06 bits per heavy atom. The molecule has 1 aliphatic carbocycles. The second kappa shape index (κ2) is 11.5. The molecule has 0 radical (unpaired) electrons. The van der Waals surface area contributed by atoms with Crippen molar-refractivity contribution in [1.82, 2.24) is 25.3 Å². The minimum absolute atomic E-state index is 0.154. The van der Waals surface area contributed by atoms with Gasteiger partial charge in [-0.25, -0.2) is 24.4 Å². The molecular formula is C25H35FN6. The van der Waals surface area contributed by atoms with E-state index in [9.17, 15) is 4.39 Å². The number of piperidine rings is 1. The van der Waals surface area contributed by atoms with Crippen molar-refractivity contribution in [2.45, 2.75) is 56.9 Å². The van der Waals surface area contributed by atoms with Gasteiger partial charge in [-0.2, -0.15) is 0 Å². The quantitative estimate of drug-likeness (QED) is 0.588. The predicted molar refractivity (Wildman–Crippen MR) is 126 cm³/mol. The van der Waals surface area contributed by atoms with Gasteiger partial charge in [-0.1, -0.05) is 37.5 Å². The molecular weight excluding hydrogens is 403 g/mol. The molecule has 7 heteroatoms. The summed E-state index contributed by atoms with van der Waals surface area (Å²) in [5.74, 6) is 1.66. The molecule has 1 N–H and O–H groups in total. The molecule has 1 unspecified atom stereocenters. The highest BCUT2D eigenvalue weighted by atomic mass is 19.1. The van der Waals surface area contributed by atoms with E-state index in [4.69, 9.17) is 0 Å². The summed E-state index contributed by atoms with van der Waals surface area (Å²) < 4.78 is 13.5. The lowest BCUT2D eigenvalue weighted by Crippen LogP contribution is -2.51. The van der Waals surface area contributed by atoms with Crippen LogP contribution in [0.15, 0.2) is 49.6 Å². The van der Waals surface area contributed by atoms with Crippen molar-refractivity contribution in [3.63, 3.8) is 0 Å². The SMILES string of the molecule is C=CCN(c1ncncn1)N1CCC(NCC(c2ccc(F)cc2)C2CCCCC2)CC1. The van der Waals surface area contributed by atoms with E-state index in [-0.39, 0.29) is 5.82 Å². The van der Waals surface area contributed by atoms with Gasteiger partial charge in [0.05, 0.1) is 6.54 Å². The van der Waals surface area contributed by atoms with Crippen molar-refractivity contribution < 1.29 is 4.39 Å². The van der Waals surface area contributed by atoms with Gasteiger partial charge in [0, 0.05) is 25.7 Å². The van der Waals surface area contributed by atoms with E-state index in [0.717, 1.165) is 32.5 Å². The van der Waals surface area contributed by atoms with Crippen molar-refractivity contribution in [2.24, 2.45) is 5.92 Å². The standard InChI is InChI=1S/C25H35FN6/c1-2-14-32(25-29-18-27-19-30-25)31-15-12-23(13-16-31)28-17-24(20-6-4-3-5-7-20)21-8-10-22(26)11-9-21/h2,8-11,18-20,23-24,28H,1,3-7,12-17H2. The molecule has 32 heavy (non-hydrogen) atoms. The monoisotopic (exact) mass is 438 g/mol. The molecule has 1 aromatic carbocycles. The average Bonchev–Trinajstić information content (AvgIpc) is 2.85. The summed E-state index contributed by atoms with van der Waals surface area (Å²) in [6.07, 6.45) is 13.6. The Morgan fingerprint density at radius 2 is 1.75 bits per heavy atom. The molecule has 4 rings (SSSR count). The highest BCUT2D eigenvalue weighted by Gasteiger charge is 2.28. The zero-order valence-electron chi connectivity index (χ0n) is 18.9. The molecule has 1 aliphatic heterocycles. The van der Waals surface area contributed by atoms with Crippen molar-refractivity contribution >= 4 is 5.95 Å². The Hall–Kier alpha value is -2.38. The third-order valence-corrected chi connectivity index (χ3v) is 6.97. The van der Waals surface area contributed by atoms with Crippen LogP contribution in [0.5, 0.6) is 0 Å². The fourth-order valence-corrected chi connectivity index (χ4v) is 5.22. The summed E-state index contributed by atoms with van der Waals surface area (Å²) >= 11 is 0. The molecule has 1 aromatic heterocycles. The zero-order valence-corrected chi connectivity index (χ0v) is 18.9. The fourth-order valence-electron chi connectivity index (χ4n) is 5.22. The highest BCUT2D eigenvalue weighted by Crippen LogP contribution is 2.36. The first kappa shape index (κ1) is 22.8. The topological polar surface area (TPSA) is 57.2 Å². The van der Waals surface area contributed by atoms with Crippen molar-refractivity contribution in [1.29, 1.82) is 0 Å². The van der Waals surface area contributed by atoms with Crippen LogP contribution < -0.4 is 10.3 Å². The van der Waals surface area contributed by atoms with Crippen LogP contribution in [-0.2, 0) is 0 Å². The van der Waals surface area contributed by atoms with Crippen LogP contribution in [0.4, 0.5) is 10.3 Å². The van der Waals surface area contributed by atoms with E-state index in [0.29, 0.717) is 30.4 Å². The smallest absolute Gasteiger partial charge is 0.243 e. The van der Waals surface area contributed by atoms with Crippen LogP contribution in [0, 0.1) is 11.7 Å². The van der Waals surface area contributed by atoms with Crippen molar-refractivity contribution in [3.05, 3.63) is 61.0 Å². The molecule has 1 atom stereocenters. The molecule has 2 aromatic rings. The summed E-state index contributed by atoms with van der Waals surface area (Å²) in [7, 11) is 0. The lowest BCUT2D eigenvalue weighted by Gasteiger charge is -2.40. The molecule has 0 bridgehead atoms. The van der Waals surface area contributed by atoms with Gasteiger partial charge in [0.25, 0.3) is 0 Å². The van der Waals surface area contributed by atoms with E-state index in [1.54, 1.807) is 12.1 Å². The Labute approximate surface area is 190 Å². The first-order chi connectivity index (χ1) is 15.7. The van der Waals surface area contributed by atoms with E-state index in [1.165, 1.54) is 50.3 Å².